The van der Waals surface area contributed by atoms with Gasteiger partial charge in [-0.1, -0.05) is 30.3 Å². The summed E-state index contributed by atoms with van der Waals surface area (Å²) in [6, 6.07) is 15.5. The van der Waals surface area contributed by atoms with E-state index in [4.69, 9.17) is 9.40 Å². The van der Waals surface area contributed by atoms with Crippen LogP contribution in [0.5, 0.6) is 0 Å². The van der Waals surface area contributed by atoms with Crippen LogP contribution in [0.25, 0.3) is 22.3 Å². The molecule has 0 saturated carbocycles. The highest BCUT2D eigenvalue weighted by Gasteiger charge is 2.32. The summed E-state index contributed by atoms with van der Waals surface area (Å²) in [6.07, 6.45) is 8.17. The van der Waals surface area contributed by atoms with Crippen molar-refractivity contribution in [1.82, 2.24) is 24.6 Å². The Morgan fingerprint density at radius 1 is 0.919 bits per heavy atom. The van der Waals surface area contributed by atoms with E-state index in [-0.39, 0.29) is 17.7 Å². The van der Waals surface area contributed by atoms with Crippen LogP contribution in [0, 0.1) is 5.92 Å². The minimum atomic E-state index is -0.0361. The van der Waals surface area contributed by atoms with Gasteiger partial charge in [0.15, 0.2) is 5.65 Å². The molecule has 8 heteroatoms. The number of fused-ring (bicyclic) bond motifs is 1. The Morgan fingerprint density at radius 2 is 1.70 bits per heavy atom. The molecule has 3 aromatic heterocycles. The minimum absolute atomic E-state index is 0.00975. The van der Waals surface area contributed by atoms with Crippen LogP contribution in [0.4, 0.5) is 0 Å². The van der Waals surface area contributed by atoms with Crippen LogP contribution in [-0.4, -0.2) is 62.6 Å². The van der Waals surface area contributed by atoms with Crippen molar-refractivity contribution in [1.29, 1.82) is 0 Å². The predicted octanol–water partition coefficient (Wildman–Crippen LogP) is 4.60. The average molecular weight is 498 g/mol. The zero-order valence-electron chi connectivity index (χ0n) is 20.9. The fraction of sp³-hybridized carbons (Fsp3) is 0.379. The smallest absolute Gasteiger partial charge is 0.254 e. The second kappa shape index (κ2) is 10.2. The summed E-state index contributed by atoms with van der Waals surface area (Å²) in [6.45, 7) is 3.33. The maximum absolute atomic E-state index is 13.8. The Balaban J connectivity index is 1.27. The molecule has 0 atom stereocenters. The van der Waals surface area contributed by atoms with Crippen LogP contribution < -0.4 is 0 Å². The van der Waals surface area contributed by atoms with E-state index in [1.165, 1.54) is 6.42 Å². The number of piperidine rings is 2. The third-order valence-electron chi connectivity index (χ3n) is 7.59. The highest BCUT2D eigenvalue weighted by atomic mass is 16.3. The van der Waals surface area contributed by atoms with Crippen molar-refractivity contribution in [3.63, 3.8) is 0 Å². The largest absolute Gasteiger partial charge is 0.467 e. The van der Waals surface area contributed by atoms with E-state index in [9.17, 15) is 9.59 Å². The molecule has 37 heavy (non-hydrogen) atoms. The molecule has 2 amide bonds. The molecule has 2 aliphatic rings. The van der Waals surface area contributed by atoms with Gasteiger partial charge in [-0.25, -0.2) is 9.67 Å². The number of carbonyl (C=O) groups is 2. The van der Waals surface area contributed by atoms with Gasteiger partial charge in [0.1, 0.15) is 12.3 Å². The van der Waals surface area contributed by atoms with E-state index in [0.29, 0.717) is 43.7 Å². The normalized spacial score (nSPS) is 16.9. The molecule has 4 aromatic rings. The lowest BCUT2D eigenvalue weighted by Gasteiger charge is -2.35. The summed E-state index contributed by atoms with van der Waals surface area (Å²) in [4.78, 5) is 35.7. The first-order valence-electron chi connectivity index (χ1n) is 13.2. The molecule has 0 aliphatic carbocycles. The average Bonchev–Trinajstić information content (AvgIpc) is 3.63. The van der Waals surface area contributed by atoms with Gasteiger partial charge in [0.25, 0.3) is 5.91 Å². The van der Waals surface area contributed by atoms with Gasteiger partial charge in [-0.2, -0.15) is 5.10 Å². The van der Waals surface area contributed by atoms with Crippen LogP contribution in [-0.2, 0) is 11.3 Å². The van der Waals surface area contributed by atoms with E-state index >= 15 is 0 Å². The second-order valence-corrected chi connectivity index (χ2v) is 9.99. The van der Waals surface area contributed by atoms with Crippen molar-refractivity contribution in [2.45, 2.75) is 38.6 Å². The van der Waals surface area contributed by atoms with Gasteiger partial charge in [-0.15, -0.1) is 0 Å². The van der Waals surface area contributed by atoms with Crippen molar-refractivity contribution in [2.24, 2.45) is 5.92 Å². The zero-order chi connectivity index (χ0) is 25.2. The van der Waals surface area contributed by atoms with Crippen LogP contribution in [0.3, 0.4) is 0 Å². The maximum Gasteiger partial charge on any atom is 0.254 e. The number of rotatable bonds is 5. The standard InChI is InChI=1S/C29H31N5O3/c35-28(32-13-5-2-6-14-32)22-11-15-33(16-12-22)29(36)24-18-26(21-8-3-1-4-9-21)31-27-25(24)19-30-34(27)20-23-10-7-17-37-23/h1,3-4,7-10,17-19,22H,2,5-6,11-16,20H2. The molecule has 6 rings (SSSR count). The molecule has 0 spiro atoms. The van der Waals surface area contributed by atoms with Gasteiger partial charge < -0.3 is 14.2 Å². The Bertz CT molecular complexity index is 1380. The number of aromatic nitrogens is 3. The first-order valence-corrected chi connectivity index (χ1v) is 13.2. The van der Waals surface area contributed by atoms with Crippen molar-refractivity contribution >= 4 is 22.8 Å². The van der Waals surface area contributed by atoms with Crippen molar-refractivity contribution in [3.8, 4) is 11.3 Å². The minimum Gasteiger partial charge on any atom is -0.467 e. The molecule has 0 bridgehead atoms. The summed E-state index contributed by atoms with van der Waals surface area (Å²) in [5.74, 6) is 1.01. The van der Waals surface area contributed by atoms with Crippen molar-refractivity contribution in [3.05, 3.63) is 72.3 Å². The number of pyridine rings is 1. The van der Waals surface area contributed by atoms with Gasteiger partial charge in [-0.3, -0.25) is 9.59 Å². The van der Waals surface area contributed by atoms with Gasteiger partial charge in [0.2, 0.25) is 5.91 Å². The first kappa shape index (κ1) is 23.5. The van der Waals surface area contributed by atoms with E-state index in [2.05, 4.69) is 5.10 Å². The molecule has 0 radical (unpaired) electrons. The highest BCUT2D eigenvalue weighted by molar-refractivity contribution is 6.06. The van der Waals surface area contributed by atoms with Gasteiger partial charge in [0.05, 0.1) is 29.1 Å². The van der Waals surface area contributed by atoms with Crippen molar-refractivity contribution in [2.75, 3.05) is 26.2 Å². The Hall–Kier alpha value is -3.94. The van der Waals surface area contributed by atoms with E-state index in [1.807, 2.05) is 58.3 Å². The predicted molar refractivity (Wildman–Crippen MR) is 140 cm³/mol. The third-order valence-corrected chi connectivity index (χ3v) is 7.59. The summed E-state index contributed by atoms with van der Waals surface area (Å²) in [7, 11) is 0. The molecule has 2 fully saturated rings. The number of hydrogen-bond donors (Lipinski definition) is 0. The van der Waals surface area contributed by atoms with Crippen LogP contribution in [0.2, 0.25) is 0 Å². The monoisotopic (exact) mass is 497 g/mol. The van der Waals surface area contributed by atoms with Crippen LogP contribution >= 0.6 is 0 Å². The Kier molecular flexibility index (Phi) is 6.47. The maximum atomic E-state index is 13.8. The fourth-order valence-electron chi connectivity index (χ4n) is 5.52. The first-order chi connectivity index (χ1) is 18.2. The fourth-order valence-corrected chi connectivity index (χ4v) is 5.52. The van der Waals surface area contributed by atoms with Gasteiger partial charge in [0, 0.05) is 37.7 Å². The molecule has 0 N–H and O–H groups in total. The molecular weight excluding hydrogens is 466 g/mol. The molecule has 190 valence electrons. The molecule has 2 aliphatic heterocycles. The third kappa shape index (κ3) is 4.75. The van der Waals surface area contributed by atoms with E-state index in [1.54, 1.807) is 17.1 Å². The SMILES string of the molecule is O=C(c1cc(-c2ccccc2)nc2c1cnn2Cc1ccco1)N1CCC(C(=O)N2CCCCC2)CC1. The zero-order valence-corrected chi connectivity index (χ0v) is 20.9. The summed E-state index contributed by atoms with van der Waals surface area (Å²) < 4.78 is 7.30. The molecule has 8 nitrogen and oxygen atoms in total. The summed E-state index contributed by atoms with van der Waals surface area (Å²) in [5.41, 5.74) is 2.91. The lowest BCUT2D eigenvalue weighted by Crippen LogP contribution is -2.45. The number of hydrogen-bond acceptors (Lipinski definition) is 5. The summed E-state index contributed by atoms with van der Waals surface area (Å²) >= 11 is 0. The van der Waals surface area contributed by atoms with E-state index < -0.39 is 0 Å². The van der Waals surface area contributed by atoms with Crippen LogP contribution in [0.1, 0.15) is 48.2 Å². The molecule has 2 saturated heterocycles. The quantitative estimate of drug-likeness (QED) is 0.402. The molecular formula is C29H31N5O3. The van der Waals surface area contributed by atoms with Crippen LogP contribution in [0.15, 0.2) is 65.4 Å². The van der Waals surface area contributed by atoms with E-state index in [0.717, 1.165) is 48.3 Å². The lowest BCUT2D eigenvalue weighted by molar-refractivity contribution is -0.137. The topological polar surface area (TPSA) is 84.5 Å². The number of nitrogens with zero attached hydrogens (tertiary/aromatic N) is 5. The Morgan fingerprint density at radius 3 is 2.43 bits per heavy atom. The number of benzene rings is 1. The Labute approximate surface area is 215 Å². The number of carbonyl (C=O) groups excluding carboxylic acids is 2. The second-order valence-electron chi connectivity index (χ2n) is 9.99. The highest BCUT2D eigenvalue weighted by Crippen LogP contribution is 2.28. The van der Waals surface area contributed by atoms with Crippen molar-refractivity contribution < 1.29 is 14.0 Å². The lowest BCUT2D eigenvalue weighted by atomic mass is 9.93. The summed E-state index contributed by atoms with van der Waals surface area (Å²) in [5, 5.41) is 5.28. The number of furan rings is 1. The molecule has 0 unspecified atom stereocenters. The van der Waals surface area contributed by atoms with Gasteiger partial charge >= 0.3 is 0 Å². The van der Waals surface area contributed by atoms with Gasteiger partial charge in [-0.05, 0) is 50.3 Å². The number of amides is 2. The number of likely N-dealkylation sites (tertiary alicyclic amines) is 2. The molecule has 1 aromatic carbocycles. The molecule has 5 heterocycles.